The minimum Gasteiger partial charge on any atom is -0.489 e. The molecule has 0 heterocycles. The Morgan fingerprint density at radius 2 is 1.74 bits per heavy atom. The molecule has 0 aromatic heterocycles. The third-order valence-corrected chi connectivity index (χ3v) is 3.08. The number of hydrogen-bond donors (Lipinski definition) is 0. The first kappa shape index (κ1) is 13.4. The van der Waals surface area contributed by atoms with Crippen molar-refractivity contribution >= 4 is 22.0 Å². The molecule has 0 saturated carbocycles. The molecule has 94 valence electrons. The highest BCUT2D eigenvalue weighted by Gasteiger charge is 1.96. The van der Waals surface area contributed by atoms with Crippen LogP contribution in [-0.4, -0.2) is 0 Å². The lowest BCUT2D eigenvalue weighted by atomic mass is 10.2. The van der Waals surface area contributed by atoms with Gasteiger partial charge in [-0.05, 0) is 41.5 Å². The highest BCUT2D eigenvalue weighted by molar-refractivity contribution is 9.10. The van der Waals surface area contributed by atoms with Gasteiger partial charge < -0.3 is 4.74 Å². The molecule has 0 amide bonds. The van der Waals surface area contributed by atoms with Crippen LogP contribution in [0.15, 0.2) is 59.1 Å². The molecule has 2 nitrogen and oxygen atoms in total. The molecule has 0 bridgehead atoms. The number of nitrogens with zero attached hydrogens (tertiary/aromatic N) is 1. The molecule has 0 aliphatic rings. The van der Waals surface area contributed by atoms with Crippen LogP contribution in [-0.2, 0) is 6.61 Å². The van der Waals surface area contributed by atoms with Gasteiger partial charge in [-0.2, -0.15) is 5.26 Å². The molecular formula is C16H12BrNO. The van der Waals surface area contributed by atoms with Crippen LogP contribution in [0.5, 0.6) is 5.75 Å². The molecule has 2 aromatic carbocycles. The summed E-state index contributed by atoms with van der Waals surface area (Å²) in [6, 6.07) is 17.6. The lowest BCUT2D eigenvalue weighted by Crippen LogP contribution is -1.94. The van der Waals surface area contributed by atoms with Crippen molar-refractivity contribution in [2.24, 2.45) is 0 Å². The van der Waals surface area contributed by atoms with Gasteiger partial charge in [-0.25, -0.2) is 0 Å². The van der Waals surface area contributed by atoms with Crippen molar-refractivity contribution in [3.8, 4) is 11.8 Å². The van der Waals surface area contributed by atoms with E-state index in [1.165, 1.54) is 6.08 Å². The Kier molecular flexibility index (Phi) is 4.77. The number of nitriles is 1. The van der Waals surface area contributed by atoms with E-state index in [0.29, 0.717) is 6.61 Å². The first-order valence-electron chi connectivity index (χ1n) is 5.81. The third kappa shape index (κ3) is 4.27. The largest absolute Gasteiger partial charge is 0.489 e. The molecule has 0 fully saturated rings. The Bertz CT molecular complexity index is 594. The standard InChI is InChI=1S/C16H12BrNO/c17-15-7-3-14(4-8-15)12-19-16-9-5-13(6-10-16)2-1-11-18/h1-10H,12H2/b2-1+. The van der Waals surface area contributed by atoms with E-state index in [9.17, 15) is 0 Å². The van der Waals surface area contributed by atoms with Crippen molar-refractivity contribution in [1.82, 2.24) is 0 Å². The Labute approximate surface area is 121 Å². The van der Waals surface area contributed by atoms with Gasteiger partial charge >= 0.3 is 0 Å². The highest BCUT2D eigenvalue weighted by Crippen LogP contribution is 2.16. The molecule has 0 unspecified atom stereocenters. The van der Waals surface area contributed by atoms with Gasteiger partial charge in [-0.3, -0.25) is 0 Å². The van der Waals surface area contributed by atoms with Crippen LogP contribution in [0.2, 0.25) is 0 Å². The van der Waals surface area contributed by atoms with Crippen LogP contribution in [0, 0.1) is 11.3 Å². The van der Waals surface area contributed by atoms with Crippen molar-refractivity contribution in [1.29, 1.82) is 5.26 Å². The van der Waals surface area contributed by atoms with Crippen LogP contribution < -0.4 is 4.74 Å². The maximum atomic E-state index is 8.45. The molecule has 0 aliphatic carbocycles. The van der Waals surface area contributed by atoms with Gasteiger partial charge in [-0.15, -0.1) is 0 Å². The summed E-state index contributed by atoms with van der Waals surface area (Å²) < 4.78 is 6.75. The molecule has 0 radical (unpaired) electrons. The second-order valence-corrected chi connectivity index (χ2v) is 4.86. The molecule has 2 aromatic rings. The van der Waals surface area contributed by atoms with Gasteiger partial charge in [0, 0.05) is 10.5 Å². The lowest BCUT2D eigenvalue weighted by Gasteiger charge is -2.06. The van der Waals surface area contributed by atoms with Gasteiger partial charge in [0.05, 0.1) is 6.07 Å². The van der Waals surface area contributed by atoms with E-state index in [1.807, 2.05) is 54.6 Å². The molecule has 0 aliphatic heterocycles. The summed E-state index contributed by atoms with van der Waals surface area (Å²) in [6.45, 7) is 0.542. The quantitative estimate of drug-likeness (QED) is 0.775. The second-order valence-electron chi connectivity index (χ2n) is 3.95. The molecule has 19 heavy (non-hydrogen) atoms. The Morgan fingerprint density at radius 1 is 1.05 bits per heavy atom. The summed E-state index contributed by atoms with van der Waals surface area (Å²) in [5.74, 6) is 0.817. The Hall–Kier alpha value is -2.05. The SMILES string of the molecule is N#C/C=C/c1ccc(OCc2ccc(Br)cc2)cc1. The zero-order chi connectivity index (χ0) is 13.5. The van der Waals surface area contributed by atoms with Crippen LogP contribution in [0.1, 0.15) is 11.1 Å². The van der Waals surface area contributed by atoms with E-state index in [4.69, 9.17) is 10.00 Å². The second kappa shape index (κ2) is 6.77. The third-order valence-electron chi connectivity index (χ3n) is 2.55. The van der Waals surface area contributed by atoms with Crippen LogP contribution in [0.3, 0.4) is 0 Å². The number of rotatable bonds is 4. The van der Waals surface area contributed by atoms with Crippen LogP contribution in [0.4, 0.5) is 0 Å². The van der Waals surface area contributed by atoms with Crippen molar-refractivity contribution < 1.29 is 4.74 Å². The Morgan fingerprint density at radius 3 is 2.37 bits per heavy atom. The highest BCUT2D eigenvalue weighted by atomic mass is 79.9. The predicted molar refractivity (Wildman–Crippen MR) is 79.6 cm³/mol. The molecule has 0 spiro atoms. The van der Waals surface area contributed by atoms with Crippen molar-refractivity contribution in [3.05, 3.63) is 70.2 Å². The Balaban J connectivity index is 1.95. The van der Waals surface area contributed by atoms with Gasteiger partial charge in [0.2, 0.25) is 0 Å². The average molecular weight is 314 g/mol. The van der Waals surface area contributed by atoms with Gasteiger partial charge in [0.25, 0.3) is 0 Å². The molecule has 3 heteroatoms. The topological polar surface area (TPSA) is 33.0 Å². The predicted octanol–water partition coefficient (Wildman–Crippen LogP) is 4.56. The zero-order valence-corrected chi connectivity index (χ0v) is 11.8. The van der Waals surface area contributed by atoms with Gasteiger partial charge in [-0.1, -0.05) is 40.2 Å². The summed E-state index contributed by atoms with van der Waals surface area (Å²) in [4.78, 5) is 0. The van der Waals surface area contributed by atoms with Crippen LogP contribution >= 0.6 is 15.9 Å². The van der Waals surface area contributed by atoms with E-state index in [1.54, 1.807) is 6.08 Å². The molecule has 0 atom stereocenters. The fourth-order valence-corrected chi connectivity index (χ4v) is 1.82. The average Bonchev–Trinajstić information content (AvgIpc) is 2.46. The maximum absolute atomic E-state index is 8.45. The first-order chi connectivity index (χ1) is 9.28. The van der Waals surface area contributed by atoms with Gasteiger partial charge in [0.1, 0.15) is 12.4 Å². The molecule has 0 saturated heterocycles. The van der Waals surface area contributed by atoms with Crippen LogP contribution in [0.25, 0.3) is 6.08 Å². The van der Waals surface area contributed by atoms with Gasteiger partial charge in [0.15, 0.2) is 0 Å². The van der Waals surface area contributed by atoms with E-state index < -0.39 is 0 Å². The smallest absolute Gasteiger partial charge is 0.119 e. The minimum atomic E-state index is 0.542. The lowest BCUT2D eigenvalue weighted by molar-refractivity contribution is 0.306. The molecular weight excluding hydrogens is 302 g/mol. The summed E-state index contributed by atoms with van der Waals surface area (Å²) in [5.41, 5.74) is 2.11. The number of ether oxygens (including phenoxy) is 1. The molecule has 2 rings (SSSR count). The van der Waals surface area contributed by atoms with Crippen molar-refractivity contribution in [2.75, 3.05) is 0 Å². The summed E-state index contributed by atoms with van der Waals surface area (Å²) >= 11 is 3.40. The zero-order valence-electron chi connectivity index (χ0n) is 10.2. The summed E-state index contributed by atoms with van der Waals surface area (Å²) in [7, 11) is 0. The fraction of sp³-hybridized carbons (Fsp3) is 0.0625. The molecule has 0 N–H and O–H groups in total. The van der Waals surface area contributed by atoms with Crippen molar-refractivity contribution in [3.63, 3.8) is 0 Å². The monoisotopic (exact) mass is 313 g/mol. The number of halogens is 1. The van der Waals surface area contributed by atoms with E-state index in [2.05, 4.69) is 15.9 Å². The number of hydrogen-bond acceptors (Lipinski definition) is 2. The first-order valence-corrected chi connectivity index (χ1v) is 6.61. The van der Waals surface area contributed by atoms with Crippen molar-refractivity contribution in [2.45, 2.75) is 6.61 Å². The normalized spacial score (nSPS) is 10.3. The number of allylic oxidation sites excluding steroid dienone is 1. The summed E-state index contributed by atoms with van der Waals surface area (Å²) in [5, 5.41) is 8.45. The van der Waals surface area contributed by atoms with E-state index in [-0.39, 0.29) is 0 Å². The summed E-state index contributed by atoms with van der Waals surface area (Å²) in [6.07, 6.45) is 3.22. The fourth-order valence-electron chi connectivity index (χ4n) is 1.56. The van der Waals surface area contributed by atoms with E-state index >= 15 is 0 Å². The maximum Gasteiger partial charge on any atom is 0.119 e. The minimum absolute atomic E-state index is 0.542. The number of benzene rings is 2. The van der Waals surface area contributed by atoms with E-state index in [0.717, 1.165) is 21.3 Å².